The van der Waals surface area contributed by atoms with Crippen LogP contribution in [0.15, 0.2) is 30.5 Å². The van der Waals surface area contributed by atoms with Gasteiger partial charge in [0, 0.05) is 24.4 Å². The van der Waals surface area contributed by atoms with E-state index in [0.29, 0.717) is 0 Å². The van der Waals surface area contributed by atoms with E-state index in [4.69, 9.17) is 0 Å². The van der Waals surface area contributed by atoms with Crippen LogP contribution in [0.25, 0.3) is 0 Å². The molecule has 0 unspecified atom stereocenters. The summed E-state index contributed by atoms with van der Waals surface area (Å²) in [5.74, 6) is -0.318. The minimum absolute atomic E-state index is 0.318. The molecule has 0 bridgehead atoms. The van der Waals surface area contributed by atoms with Crippen LogP contribution in [-0.4, -0.2) is 18.1 Å². The number of aromatic nitrogens is 1. The first-order valence-electron chi connectivity index (χ1n) is 3.69. The highest BCUT2D eigenvalue weighted by atomic mass is 16.5. The maximum absolute atomic E-state index is 10.6. The van der Waals surface area contributed by atoms with Gasteiger partial charge in [-0.25, -0.2) is 4.79 Å². The SMILES string of the molecule is COC(=O)/C=C/Cc1ccc[nH]1. The lowest BCUT2D eigenvalue weighted by molar-refractivity contribution is -0.134. The van der Waals surface area contributed by atoms with Crippen molar-refractivity contribution in [1.29, 1.82) is 0 Å². The molecule has 0 aromatic carbocycles. The summed E-state index contributed by atoms with van der Waals surface area (Å²) in [5, 5.41) is 0. The number of nitrogens with one attached hydrogen (secondary N) is 1. The molecule has 0 atom stereocenters. The van der Waals surface area contributed by atoms with Gasteiger partial charge >= 0.3 is 5.97 Å². The van der Waals surface area contributed by atoms with Crippen LogP contribution in [0.4, 0.5) is 0 Å². The van der Waals surface area contributed by atoms with E-state index in [1.54, 1.807) is 6.08 Å². The number of aromatic amines is 1. The number of hydrogen-bond acceptors (Lipinski definition) is 2. The van der Waals surface area contributed by atoms with E-state index in [1.807, 2.05) is 18.3 Å². The number of carbonyl (C=O) groups is 1. The summed E-state index contributed by atoms with van der Waals surface area (Å²) in [6, 6.07) is 3.88. The molecule has 0 saturated heterocycles. The summed E-state index contributed by atoms with van der Waals surface area (Å²) in [6.07, 6.45) is 5.75. The van der Waals surface area contributed by atoms with Crippen molar-refractivity contribution in [2.24, 2.45) is 0 Å². The Hall–Kier alpha value is -1.51. The third kappa shape index (κ3) is 2.62. The van der Waals surface area contributed by atoms with Crippen molar-refractivity contribution in [1.82, 2.24) is 4.98 Å². The number of allylic oxidation sites excluding steroid dienone is 1. The summed E-state index contributed by atoms with van der Waals surface area (Å²) in [6.45, 7) is 0. The van der Waals surface area contributed by atoms with E-state index >= 15 is 0 Å². The van der Waals surface area contributed by atoms with Gasteiger partial charge in [0.05, 0.1) is 7.11 Å². The Labute approximate surface area is 71.1 Å². The molecule has 0 aliphatic carbocycles. The summed E-state index contributed by atoms with van der Waals surface area (Å²) < 4.78 is 4.43. The van der Waals surface area contributed by atoms with Gasteiger partial charge in [0.2, 0.25) is 0 Å². The summed E-state index contributed by atoms with van der Waals surface area (Å²) in [4.78, 5) is 13.6. The first kappa shape index (κ1) is 8.59. The standard InChI is InChI=1S/C9H11NO2/c1-12-9(11)6-2-4-8-5-3-7-10-8/h2-3,5-7,10H,4H2,1H3/b6-2+. The predicted octanol–water partition coefficient (Wildman–Crippen LogP) is 1.29. The first-order chi connectivity index (χ1) is 5.83. The highest BCUT2D eigenvalue weighted by Gasteiger charge is 1.91. The molecule has 0 spiro atoms. The average Bonchev–Trinajstić information content (AvgIpc) is 2.57. The molecule has 1 rings (SSSR count). The second-order valence-electron chi connectivity index (χ2n) is 2.33. The molecule has 3 nitrogen and oxygen atoms in total. The number of rotatable bonds is 3. The highest BCUT2D eigenvalue weighted by Crippen LogP contribution is 1.96. The van der Waals surface area contributed by atoms with Gasteiger partial charge in [-0.1, -0.05) is 6.08 Å². The van der Waals surface area contributed by atoms with Gasteiger partial charge in [-0.2, -0.15) is 0 Å². The largest absolute Gasteiger partial charge is 0.466 e. The molecule has 0 aliphatic heterocycles. The van der Waals surface area contributed by atoms with Crippen molar-refractivity contribution in [2.45, 2.75) is 6.42 Å². The zero-order chi connectivity index (χ0) is 8.81. The van der Waals surface area contributed by atoms with Crippen molar-refractivity contribution in [3.63, 3.8) is 0 Å². The Balaban J connectivity index is 2.35. The Morgan fingerprint density at radius 2 is 2.58 bits per heavy atom. The Morgan fingerprint density at radius 3 is 3.17 bits per heavy atom. The molecule has 0 radical (unpaired) electrons. The molecule has 0 saturated carbocycles. The van der Waals surface area contributed by atoms with Crippen molar-refractivity contribution >= 4 is 5.97 Å². The summed E-state index contributed by atoms with van der Waals surface area (Å²) in [5.41, 5.74) is 1.08. The molecule has 1 heterocycles. The average molecular weight is 165 g/mol. The fourth-order valence-corrected chi connectivity index (χ4v) is 0.845. The maximum Gasteiger partial charge on any atom is 0.330 e. The smallest absolute Gasteiger partial charge is 0.330 e. The molecule has 1 aromatic heterocycles. The Morgan fingerprint density at radius 1 is 1.75 bits per heavy atom. The maximum atomic E-state index is 10.6. The lowest BCUT2D eigenvalue weighted by Crippen LogP contribution is -1.94. The molecule has 0 aliphatic rings. The van der Waals surface area contributed by atoms with E-state index in [2.05, 4.69) is 9.72 Å². The molecule has 12 heavy (non-hydrogen) atoms. The minimum Gasteiger partial charge on any atom is -0.466 e. The second-order valence-corrected chi connectivity index (χ2v) is 2.33. The Kier molecular flexibility index (Phi) is 3.14. The molecule has 0 amide bonds. The van der Waals surface area contributed by atoms with Gasteiger partial charge in [-0.05, 0) is 12.1 Å². The quantitative estimate of drug-likeness (QED) is 0.541. The van der Waals surface area contributed by atoms with Crippen molar-refractivity contribution < 1.29 is 9.53 Å². The molecular formula is C9H11NO2. The van der Waals surface area contributed by atoms with Gasteiger partial charge in [0.25, 0.3) is 0 Å². The van der Waals surface area contributed by atoms with Crippen LogP contribution in [0.5, 0.6) is 0 Å². The molecule has 3 heteroatoms. The molecule has 1 aromatic rings. The van der Waals surface area contributed by atoms with Crippen LogP contribution in [0.1, 0.15) is 5.69 Å². The van der Waals surface area contributed by atoms with Gasteiger partial charge in [0.15, 0.2) is 0 Å². The number of hydrogen-bond donors (Lipinski definition) is 1. The van der Waals surface area contributed by atoms with Crippen molar-refractivity contribution in [3.05, 3.63) is 36.2 Å². The second kappa shape index (κ2) is 4.38. The van der Waals surface area contributed by atoms with Crippen LogP contribution in [0, 0.1) is 0 Å². The number of carbonyl (C=O) groups excluding carboxylic acids is 1. The van der Waals surface area contributed by atoms with E-state index in [1.165, 1.54) is 13.2 Å². The molecule has 1 N–H and O–H groups in total. The third-order valence-corrected chi connectivity index (χ3v) is 1.46. The van der Waals surface area contributed by atoms with Crippen molar-refractivity contribution in [3.8, 4) is 0 Å². The van der Waals surface area contributed by atoms with Gasteiger partial charge in [-0.15, -0.1) is 0 Å². The number of esters is 1. The van der Waals surface area contributed by atoms with E-state index in [-0.39, 0.29) is 5.97 Å². The zero-order valence-corrected chi connectivity index (χ0v) is 6.91. The zero-order valence-electron chi connectivity index (χ0n) is 6.91. The lowest BCUT2D eigenvalue weighted by Gasteiger charge is -1.90. The van der Waals surface area contributed by atoms with Gasteiger partial charge in [-0.3, -0.25) is 0 Å². The minimum atomic E-state index is -0.318. The fraction of sp³-hybridized carbons (Fsp3) is 0.222. The predicted molar refractivity (Wildman–Crippen MR) is 45.7 cm³/mol. The number of methoxy groups -OCH3 is 1. The van der Waals surface area contributed by atoms with Crippen LogP contribution in [-0.2, 0) is 16.0 Å². The topological polar surface area (TPSA) is 42.1 Å². The molecule has 64 valence electrons. The number of H-pyrrole nitrogens is 1. The van der Waals surface area contributed by atoms with Crippen LogP contribution in [0.3, 0.4) is 0 Å². The van der Waals surface area contributed by atoms with Gasteiger partial charge in [0.1, 0.15) is 0 Å². The van der Waals surface area contributed by atoms with Crippen molar-refractivity contribution in [2.75, 3.05) is 7.11 Å². The number of ether oxygens (including phenoxy) is 1. The van der Waals surface area contributed by atoms with E-state index < -0.39 is 0 Å². The lowest BCUT2D eigenvalue weighted by atomic mass is 10.3. The monoisotopic (exact) mass is 165 g/mol. The highest BCUT2D eigenvalue weighted by molar-refractivity contribution is 5.81. The molecule has 0 fully saturated rings. The normalized spacial score (nSPS) is 10.4. The summed E-state index contributed by atoms with van der Waals surface area (Å²) in [7, 11) is 1.36. The van der Waals surface area contributed by atoms with Crippen LogP contribution < -0.4 is 0 Å². The summed E-state index contributed by atoms with van der Waals surface area (Å²) >= 11 is 0. The molecular weight excluding hydrogens is 154 g/mol. The van der Waals surface area contributed by atoms with Crippen LogP contribution in [0.2, 0.25) is 0 Å². The Bertz CT molecular complexity index is 262. The fourth-order valence-electron chi connectivity index (χ4n) is 0.845. The third-order valence-electron chi connectivity index (χ3n) is 1.46. The van der Waals surface area contributed by atoms with E-state index in [0.717, 1.165) is 12.1 Å². The first-order valence-corrected chi connectivity index (χ1v) is 3.69. The van der Waals surface area contributed by atoms with Crippen LogP contribution >= 0.6 is 0 Å². The van der Waals surface area contributed by atoms with E-state index in [9.17, 15) is 4.79 Å². The van der Waals surface area contributed by atoms with Gasteiger partial charge < -0.3 is 9.72 Å².